The van der Waals surface area contributed by atoms with Gasteiger partial charge in [0, 0.05) is 4.88 Å². The lowest BCUT2D eigenvalue weighted by molar-refractivity contribution is -0.132. The number of thiophene rings is 1. The number of thiocarbonyl (C=S) groups is 1. The number of nitrogens with one attached hydrogen (secondary N) is 1. The summed E-state index contributed by atoms with van der Waals surface area (Å²) in [6.07, 6.45) is 2.30. The van der Waals surface area contributed by atoms with Crippen molar-refractivity contribution in [3.8, 4) is 0 Å². The molecule has 0 saturated carbocycles. The zero-order valence-corrected chi connectivity index (χ0v) is 17.7. The second-order valence-electron chi connectivity index (χ2n) is 6.32. The second kappa shape index (κ2) is 9.47. The number of thioether (sulfide) groups is 1. The van der Waals surface area contributed by atoms with Gasteiger partial charge in [0.15, 0.2) is 0 Å². The summed E-state index contributed by atoms with van der Waals surface area (Å²) < 4.78 is 0.360. The third-order valence-electron chi connectivity index (χ3n) is 4.30. The normalized spacial score (nSPS) is 17.8. The Morgan fingerprint density at radius 1 is 1.29 bits per heavy atom. The van der Waals surface area contributed by atoms with Crippen LogP contribution in [0.15, 0.2) is 52.7 Å². The first-order valence-corrected chi connectivity index (χ1v) is 10.9. The highest BCUT2D eigenvalue weighted by molar-refractivity contribution is 8.26. The first kappa shape index (κ1) is 20.7. The van der Waals surface area contributed by atoms with E-state index in [4.69, 9.17) is 12.2 Å². The van der Waals surface area contributed by atoms with E-state index >= 15 is 0 Å². The minimum atomic E-state index is -0.758. The van der Waals surface area contributed by atoms with Crippen LogP contribution in [0.5, 0.6) is 0 Å². The van der Waals surface area contributed by atoms with Crippen LogP contribution in [0.1, 0.15) is 17.4 Å². The Hall–Kier alpha value is -2.00. The van der Waals surface area contributed by atoms with E-state index in [0.717, 1.165) is 10.4 Å². The van der Waals surface area contributed by atoms with Crippen molar-refractivity contribution >= 4 is 57.5 Å². The summed E-state index contributed by atoms with van der Waals surface area (Å²) in [5.41, 5.74) is 1.01. The predicted molar refractivity (Wildman–Crippen MR) is 118 cm³/mol. The number of hydrogen-bond acceptors (Lipinski definition) is 6. The van der Waals surface area contributed by atoms with E-state index in [0.29, 0.717) is 15.6 Å². The molecule has 28 heavy (non-hydrogen) atoms. The molecule has 1 aromatic heterocycles. The van der Waals surface area contributed by atoms with E-state index in [1.807, 2.05) is 47.8 Å². The Morgan fingerprint density at radius 3 is 2.68 bits per heavy atom. The van der Waals surface area contributed by atoms with Gasteiger partial charge in [-0.1, -0.05) is 60.4 Å². The number of amides is 2. The Kier molecular flexibility index (Phi) is 7.01. The molecule has 5 nitrogen and oxygen atoms in total. The van der Waals surface area contributed by atoms with E-state index in [1.165, 1.54) is 28.0 Å². The Morgan fingerprint density at radius 2 is 2.04 bits per heavy atom. The molecule has 146 valence electrons. The van der Waals surface area contributed by atoms with Gasteiger partial charge in [0.1, 0.15) is 10.4 Å². The Bertz CT molecular complexity index is 881. The predicted octanol–water partition coefficient (Wildman–Crippen LogP) is 3.06. The highest BCUT2D eigenvalue weighted by atomic mass is 32.2. The van der Waals surface area contributed by atoms with Crippen LogP contribution in [-0.2, 0) is 16.0 Å². The van der Waals surface area contributed by atoms with Crippen LogP contribution in [-0.4, -0.2) is 44.8 Å². The van der Waals surface area contributed by atoms with Gasteiger partial charge in [-0.25, -0.2) is 0 Å². The highest BCUT2D eigenvalue weighted by Gasteiger charge is 2.38. The van der Waals surface area contributed by atoms with Crippen molar-refractivity contribution in [1.29, 1.82) is 0 Å². The Balaban J connectivity index is 1.66. The van der Waals surface area contributed by atoms with E-state index in [2.05, 4.69) is 5.32 Å². The monoisotopic (exact) mass is 432 g/mol. The smallest absolute Gasteiger partial charge is 0.266 e. The van der Waals surface area contributed by atoms with Crippen molar-refractivity contribution in [3.63, 3.8) is 0 Å². The number of carbonyl (C=O) groups excluding carboxylic acids is 2. The maximum absolute atomic E-state index is 12.8. The molecule has 0 radical (unpaired) electrons. The summed E-state index contributed by atoms with van der Waals surface area (Å²) in [6.45, 7) is 1.45. The lowest BCUT2D eigenvalue weighted by Gasteiger charge is -2.25. The molecule has 1 fully saturated rings. The van der Waals surface area contributed by atoms with Crippen molar-refractivity contribution in [2.75, 3.05) is 6.61 Å². The number of aliphatic hydroxyl groups is 1. The van der Waals surface area contributed by atoms with Crippen molar-refractivity contribution in [3.05, 3.63) is 63.2 Å². The second-order valence-corrected chi connectivity index (χ2v) is 8.98. The molecule has 0 bridgehead atoms. The van der Waals surface area contributed by atoms with Crippen LogP contribution in [0.25, 0.3) is 6.08 Å². The SMILES string of the molecule is CC(C(=O)NC(CO)Cc1ccccc1)N1C(=O)C(=Cc2cccs2)SC1=S. The van der Waals surface area contributed by atoms with Crippen LogP contribution in [0, 0.1) is 0 Å². The maximum Gasteiger partial charge on any atom is 0.266 e. The largest absolute Gasteiger partial charge is 0.394 e. The molecule has 2 amide bonds. The van der Waals surface area contributed by atoms with E-state index in [9.17, 15) is 14.7 Å². The van der Waals surface area contributed by atoms with Crippen LogP contribution in [0.3, 0.4) is 0 Å². The summed E-state index contributed by atoms with van der Waals surface area (Å²) in [4.78, 5) is 28.3. The van der Waals surface area contributed by atoms with Gasteiger partial charge >= 0.3 is 0 Å². The fourth-order valence-corrected chi connectivity index (χ4v) is 4.96. The zero-order chi connectivity index (χ0) is 20.1. The molecule has 2 N–H and O–H groups in total. The number of aliphatic hydroxyl groups excluding tert-OH is 1. The molecular weight excluding hydrogens is 412 g/mol. The van der Waals surface area contributed by atoms with Gasteiger partial charge in [-0.3, -0.25) is 14.5 Å². The average Bonchev–Trinajstić information content (AvgIpc) is 3.29. The van der Waals surface area contributed by atoms with Crippen LogP contribution in [0.2, 0.25) is 0 Å². The third kappa shape index (κ3) is 4.88. The summed E-state index contributed by atoms with van der Waals surface area (Å²) in [6, 6.07) is 12.3. The maximum atomic E-state index is 12.8. The van der Waals surface area contributed by atoms with Crippen LogP contribution in [0.4, 0.5) is 0 Å². The summed E-state index contributed by atoms with van der Waals surface area (Å²) >= 11 is 8.06. The van der Waals surface area contributed by atoms with E-state index in [1.54, 1.807) is 13.0 Å². The zero-order valence-electron chi connectivity index (χ0n) is 15.2. The molecule has 8 heteroatoms. The average molecular weight is 433 g/mol. The Labute approximate surface area is 177 Å². The number of benzene rings is 1. The molecule has 2 aromatic rings. The quantitative estimate of drug-likeness (QED) is 0.520. The van der Waals surface area contributed by atoms with Gasteiger partial charge in [0.05, 0.1) is 17.6 Å². The van der Waals surface area contributed by atoms with E-state index < -0.39 is 12.1 Å². The highest BCUT2D eigenvalue weighted by Crippen LogP contribution is 2.34. The molecule has 1 aromatic carbocycles. The van der Waals surface area contributed by atoms with Crippen molar-refractivity contribution < 1.29 is 14.7 Å². The molecule has 3 rings (SSSR count). The first-order valence-electron chi connectivity index (χ1n) is 8.75. The fraction of sp³-hybridized carbons (Fsp3) is 0.250. The lowest BCUT2D eigenvalue weighted by Crippen LogP contribution is -2.51. The van der Waals surface area contributed by atoms with E-state index in [-0.39, 0.29) is 18.4 Å². The molecule has 2 unspecified atom stereocenters. The minimum Gasteiger partial charge on any atom is -0.394 e. The lowest BCUT2D eigenvalue weighted by atomic mass is 10.1. The van der Waals surface area contributed by atoms with Gasteiger partial charge in [-0.15, -0.1) is 11.3 Å². The molecule has 0 spiro atoms. The number of hydrogen-bond donors (Lipinski definition) is 2. The van der Waals surface area contributed by atoms with Gasteiger partial charge in [-0.2, -0.15) is 0 Å². The molecular formula is C20H20N2O3S3. The number of rotatable bonds is 7. The van der Waals surface area contributed by atoms with Gasteiger partial charge in [0.2, 0.25) is 5.91 Å². The molecule has 2 atom stereocenters. The summed E-state index contributed by atoms with van der Waals surface area (Å²) in [5, 5.41) is 14.4. The summed E-state index contributed by atoms with van der Waals surface area (Å²) in [5.74, 6) is -0.613. The van der Waals surface area contributed by atoms with Crippen molar-refractivity contribution in [2.45, 2.75) is 25.4 Å². The molecule has 1 aliphatic rings. The van der Waals surface area contributed by atoms with Crippen LogP contribution < -0.4 is 5.32 Å². The number of carbonyl (C=O) groups is 2. The van der Waals surface area contributed by atoms with Gasteiger partial charge in [-0.05, 0) is 36.4 Å². The standard InChI is InChI=1S/C20H20N2O3S3/c1-13(18(24)21-15(12-23)10-14-6-3-2-4-7-14)22-19(25)17(28-20(22)26)11-16-8-5-9-27-16/h2-9,11,13,15,23H,10,12H2,1H3,(H,21,24). The number of nitrogens with zero attached hydrogens (tertiary/aromatic N) is 1. The summed E-state index contributed by atoms with van der Waals surface area (Å²) in [7, 11) is 0. The molecule has 1 aliphatic heterocycles. The third-order valence-corrected chi connectivity index (χ3v) is 6.45. The fourth-order valence-electron chi connectivity index (χ4n) is 2.82. The molecule has 1 saturated heterocycles. The van der Waals surface area contributed by atoms with Crippen LogP contribution >= 0.6 is 35.3 Å². The molecule has 2 heterocycles. The van der Waals surface area contributed by atoms with Crippen molar-refractivity contribution in [1.82, 2.24) is 10.2 Å². The minimum absolute atomic E-state index is 0.190. The van der Waals surface area contributed by atoms with Crippen molar-refractivity contribution in [2.24, 2.45) is 0 Å². The van der Waals surface area contributed by atoms with Gasteiger partial charge in [0.25, 0.3) is 5.91 Å². The van der Waals surface area contributed by atoms with Gasteiger partial charge < -0.3 is 10.4 Å². The first-order chi connectivity index (χ1) is 13.5. The molecule has 0 aliphatic carbocycles. The topological polar surface area (TPSA) is 69.6 Å².